The van der Waals surface area contributed by atoms with Gasteiger partial charge in [0.25, 0.3) is 0 Å². The van der Waals surface area contributed by atoms with Crippen LogP contribution in [0.3, 0.4) is 0 Å². The maximum atomic E-state index is 5.93. The first-order chi connectivity index (χ1) is 10.7. The number of aliphatic imine (C=N–C) groups is 2. The summed E-state index contributed by atoms with van der Waals surface area (Å²) in [6, 6.07) is 12.6. The summed E-state index contributed by atoms with van der Waals surface area (Å²) in [5.41, 5.74) is 6.93. The third-order valence-corrected chi connectivity index (χ3v) is 3.20. The van der Waals surface area contributed by atoms with Crippen LogP contribution in [0.15, 0.2) is 52.4 Å². The highest BCUT2D eigenvalue weighted by molar-refractivity contribution is 6.30. The minimum Gasteiger partial charge on any atom is -0.457 e. The van der Waals surface area contributed by atoms with Gasteiger partial charge in [-0.25, -0.2) is 0 Å². The van der Waals surface area contributed by atoms with Crippen molar-refractivity contribution in [1.29, 1.82) is 0 Å². The molecule has 6 heteroatoms. The fourth-order valence-electron chi connectivity index (χ4n) is 1.98. The van der Waals surface area contributed by atoms with E-state index in [1.165, 1.54) is 0 Å². The van der Waals surface area contributed by atoms with E-state index in [2.05, 4.69) is 22.0 Å². The van der Waals surface area contributed by atoms with Crippen LogP contribution in [0.4, 0.5) is 5.69 Å². The van der Waals surface area contributed by atoms with Crippen molar-refractivity contribution in [3.05, 3.63) is 53.1 Å². The molecule has 0 saturated carbocycles. The molecule has 0 radical (unpaired) electrons. The number of halogens is 1. The number of hydrogen-bond donors (Lipinski definition) is 2. The van der Waals surface area contributed by atoms with Crippen LogP contribution in [-0.2, 0) is 0 Å². The zero-order valence-electron chi connectivity index (χ0n) is 12.2. The summed E-state index contributed by atoms with van der Waals surface area (Å²) in [6.45, 7) is 3.84. The summed E-state index contributed by atoms with van der Waals surface area (Å²) in [5, 5.41) is 3.65. The van der Waals surface area contributed by atoms with Gasteiger partial charge < -0.3 is 15.8 Å². The Labute approximate surface area is 134 Å². The van der Waals surface area contributed by atoms with Crippen molar-refractivity contribution in [2.24, 2.45) is 15.7 Å². The normalized spacial score (nSPS) is 11.1. The summed E-state index contributed by atoms with van der Waals surface area (Å²) in [4.78, 5) is 8.23. The number of ether oxygens (including phenoxy) is 1. The molecular formula is C16H17ClN4O. The van der Waals surface area contributed by atoms with E-state index in [4.69, 9.17) is 22.1 Å². The Kier molecular flexibility index (Phi) is 5.52. The van der Waals surface area contributed by atoms with Gasteiger partial charge in [0.15, 0.2) is 0 Å². The average molecular weight is 317 g/mol. The molecule has 2 rings (SSSR count). The third kappa shape index (κ3) is 3.63. The molecule has 0 bridgehead atoms. The van der Waals surface area contributed by atoms with Crippen molar-refractivity contribution < 1.29 is 4.74 Å². The lowest BCUT2D eigenvalue weighted by atomic mass is 10.1. The van der Waals surface area contributed by atoms with Gasteiger partial charge in [-0.3, -0.25) is 9.98 Å². The average Bonchev–Trinajstić information content (AvgIpc) is 2.55. The lowest BCUT2D eigenvalue weighted by molar-refractivity contribution is 0.481. The van der Waals surface area contributed by atoms with Crippen LogP contribution in [0, 0.1) is 0 Å². The summed E-state index contributed by atoms with van der Waals surface area (Å²) < 4.78 is 5.93. The van der Waals surface area contributed by atoms with Gasteiger partial charge in [-0.15, -0.1) is 0 Å². The molecule has 0 fully saturated rings. The van der Waals surface area contributed by atoms with Gasteiger partial charge in [0.1, 0.15) is 17.3 Å². The molecule has 0 atom stereocenters. The van der Waals surface area contributed by atoms with Gasteiger partial charge in [0, 0.05) is 12.1 Å². The summed E-state index contributed by atoms with van der Waals surface area (Å²) in [6.07, 6.45) is 0. The fraction of sp³-hybridized carbons (Fsp3) is 0.125. The van der Waals surface area contributed by atoms with E-state index in [0.717, 1.165) is 0 Å². The second-order valence-corrected chi connectivity index (χ2v) is 4.75. The molecule has 0 aromatic heterocycles. The van der Waals surface area contributed by atoms with Crippen LogP contribution in [-0.4, -0.2) is 26.3 Å². The van der Waals surface area contributed by atoms with E-state index in [1.807, 2.05) is 18.2 Å². The molecule has 5 nitrogen and oxygen atoms in total. The Bertz CT molecular complexity index is 683. The molecule has 0 aliphatic heterocycles. The Morgan fingerprint density at radius 2 is 2.00 bits per heavy atom. The van der Waals surface area contributed by atoms with Crippen LogP contribution in [0.25, 0.3) is 0 Å². The molecule has 114 valence electrons. The minimum atomic E-state index is 0.249. The molecule has 0 aliphatic rings. The standard InChI is InChI=1S/C16H17ClN4O/c1-19-13-4-3-5-14(15(13)16(20-2)21-10-18)22-12-8-6-11(17)7-9-12/h3-9H,1,10,18H2,2H3,(H,20,21). The van der Waals surface area contributed by atoms with Crippen LogP contribution < -0.4 is 15.8 Å². The van der Waals surface area contributed by atoms with Gasteiger partial charge in [0.2, 0.25) is 0 Å². The van der Waals surface area contributed by atoms with E-state index in [1.54, 1.807) is 31.3 Å². The number of hydrogen-bond acceptors (Lipinski definition) is 4. The van der Waals surface area contributed by atoms with Crippen LogP contribution in [0.5, 0.6) is 11.5 Å². The lowest BCUT2D eigenvalue weighted by Crippen LogP contribution is -2.30. The summed E-state index contributed by atoms with van der Waals surface area (Å²) in [5.74, 6) is 1.86. The maximum absolute atomic E-state index is 5.93. The first-order valence-corrected chi connectivity index (χ1v) is 7.01. The van der Waals surface area contributed by atoms with E-state index in [-0.39, 0.29) is 6.67 Å². The zero-order valence-corrected chi connectivity index (χ0v) is 13.0. The molecule has 0 saturated heterocycles. The van der Waals surface area contributed by atoms with Crippen LogP contribution >= 0.6 is 11.6 Å². The number of benzene rings is 2. The number of rotatable bonds is 5. The van der Waals surface area contributed by atoms with Crippen molar-refractivity contribution in [3.8, 4) is 11.5 Å². The Hall–Kier alpha value is -2.37. The van der Waals surface area contributed by atoms with E-state index < -0.39 is 0 Å². The highest BCUT2D eigenvalue weighted by atomic mass is 35.5. The SMILES string of the molecule is C=Nc1cccc(Oc2ccc(Cl)cc2)c1C(=NC)NCN. The maximum Gasteiger partial charge on any atom is 0.140 e. The largest absolute Gasteiger partial charge is 0.457 e. The number of nitrogens with two attached hydrogens (primary N) is 1. The van der Waals surface area contributed by atoms with E-state index in [9.17, 15) is 0 Å². The van der Waals surface area contributed by atoms with Crippen molar-refractivity contribution in [2.45, 2.75) is 0 Å². The molecule has 22 heavy (non-hydrogen) atoms. The van der Waals surface area contributed by atoms with E-state index in [0.29, 0.717) is 33.6 Å². The molecule has 0 aliphatic carbocycles. The Morgan fingerprint density at radius 1 is 1.27 bits per heavy atom. The third-order valence-electron chi connectivity index (χ3n) is 2.95. The highest BCUT2D eigenvalue weighted by Crippen LogP contribution is 2.32. The molecular weight excluding hydrogens is 300 g/mol. The molecule has 0 amide bonds. The van der Waals surface area contributed by atoms with Crippen molar-refractivity contribution in [1.82, 2.24) is 5.32 Å². The van der Waals surface area contributed by atoms with Crippen molar-refractivity contribution >= 4 is 29.8 Å². The Balaban J connectivity index is 2.46. The van der Waals surface area contributed by atoms with Gasteiger partial charge in [-0.05, 0) is 43.1 Å². The molecule has 3 N–H and O–H groups in total. The van der Waals surface area contributed by atoms with Crippen LogP contribution in [0.2, 0.25) is 5.02 Å². The second-order valence-electron chi connectivity index (χ2n) is 4.32. The van der Waals surface area contributed by atoms with Gasteiger partial charge in [-0.1, -0.05) is 17.7 Å². The summed E-state index contributed by atoms with van der Waals surface area (Å²) in [7, 11) is 1.67. The topological polar surface area (TPSA) is 72.0 Å². The number of nitrogens with one attached hydrogen (secondary N) is 1. The second kappa shape index (κ2) is 7.59. The van der Waals surface area contributed by atoms with E-state index >= 15 is 0 Å². The predicted octanol–water partition coefficient (Wildman–Crippen LogP) is 3.35. The molecule has 0 unspecified atom stereocenters. The van der Waals surface area contributed by atoms with Crippen molar-refractivity contribution in [3.63, 3.8) is 0 Å². The number of nitrogens with zero attached hydrogens (tertiary/aromatic N) is 2. The molecule has 2 aromatic carbocycles. The Morgan fingerprint density at radius 3 is 2.59 bits per heavy atom. The van der Waals surface area contributed by atoms with Crippen molar-refractivity contribution in [2.75, 3.05) is 13.7 Å². The zero-order chi connectivity index (χ0) is 15.9. The van der Waals surface area contributed by atoms with Gasteiger partial charge in [-0.2, -0.15) is 0 Å². The predicted molar refractivity (Wildman–Crippen MR) is 91.8 cm³/mol. The highest BCUT2D eigenvalue weighted by Gasteiger charge is 2.15. The smallest absolute Gasteiger partial charge is 0.140 e. The first kappa shape index (κ1) is 16.0. The summed E-state index contributed by atoms with van der Waals surface area (Å²) >= 11 is 5.89. The lowest BCUT2D eigenvalue weighted by Gasteiger charge is -2.15. The quantitative estimate of drug-likeness (QED) is 0.505. The van der Waals surface area contributed by atoms with Gasteiger partial charge in [0.05, 0.1) is 17.9 Å². The van der Waals surface area contributed by atoms with Gasteiger partial charge >= 0.3 is 0 Å². The first-order valence-electron chi connectivity index (χ1n) is 6.64. The molecule has 0 spiro atoms. The minimum absolute atomic E-state index is 0.249. The van der Waals surface area contributed by atoms with Crippen LogP contribution in [0.1, 0.15) is 5.56 Å². The molecule has 0 heterocycles. The number of amidine groups is 1. The monoisotopic (exact) mass is 316 g/mol. The molecule has 2 aromatic rings. The fourth-order valence-corrected chi connectivity index (χ4v) is 2.11.